The van der Waals surface area contributed by atoms with Crippen LogP contribution in [-0.2, 0) is 9.47 Å². The summed E-state index contributed by atoms with van der Waals surface area (Å²) in [6, 6.07) is 0. The van der Waals surface area contributed by atoms with Crippen LogP contribution in [0.4, 0.5) is 0 Å². The largest absolute Gasteiger partial charge is 0.347 e. The highest BCUT2D eigenvalue weighted by Gasteiger charge is 2.49. The van der Waals surface area contributed by atoms with E-state index in [9.17, 15) is 0 Å². The fraction of sp³-hybridized carbons (Fsp3) is 0.830. The number of allylic oxidation sites excluding steroid dienone is 8. The standard InChI is InChI=1S/C47H84O2/c1-4-6-8-10-12-14-16-18-20-22-24-26-28-30-32-35-41-47(48-44-46(49-47)40-37-34-38-45(3)39-43-46)42-36-33-31-29-27-25-23-21-19-17-15-13-11-9-7-5-2/h12-15,18-21,45H,4-11,16-17,22-44H2,1-3H3/b14-12-,15-13-,20-18-,21-19-. The fourth-order valence-corrected chi connectivity index (χ4v) is 7.82. The first-order valence-corrected chi connectivity index (χ1v) is 22.1. The molecule has 2 fully saturated rings. The van der Waals surface area contributed by atoms with E-state index in [4.69, 9.17) is 9.47 Å². The van der Waals surface area contributed by atoms with E-state index in [-0.39, 0.29) is 11.4 Å². The van der Waals surface area contributed by atoms with Crippen molar-refractivity contribution in [1.82, 2.24) is 0 Å². The van der Waals surface area contributed by atoms with Crippen LogP contribution in [0.15, 0.2) is 48.6 Å². The van der Waals surface area contributed by atoms with E-state index in [0.717, 1.165) is 38.2 Å². The van der Waals surface area contributed by atoms with Crippen molar-refractivity contribution in [2.24, 2.45) is 5.92 Å². The molecule has 1 spiro atoms. The lowest BCUT2D eigenvalue weighted by Gasteiger charge is -2.35. The van der Waals surface area contributed by atoms with Gasteiger partial charge < -0.3 is 9.47 Å². The summed E-state index contributed by atoms with van der Waals surface area (Å²) < 4.78 is 13.9. The van der Waals surface area contributed by atoms with E-state index in [2.05, 4.69) is 69.4 Å². The van der Waals surface area contributed by atoms with Crippen molar-refractivity contribution in [2.45, 2.75) is 238 Å². The molecule has 0 radical (unpaired) electrons. The average Bonchev–Trinajstić information content (AvgIpc) is 3.47. The Morgan fingerprint density at radius 3 is 1.43 bits per heavy atom. The first-order valence-electron chi connectivity index (χ1n) is 22.1. The molecule has 0 N–H and O–H groups in total. The third-order valence-electron chi connectivity index (χ3n) is 11.2. The van der Waals surface area contributed by atoms with Gasteiger partial charge in [-0.05, 0) is 102 Å². The molecule has 0 aromatic rings. The van der Waals surface area contributed by atoms with Crippen LogP contribution in [0, 0.1) is 5.92 Å². The lowest BCUT2D eigenvalue weighted by Crippen LogP contribution is -2.38. The van der Waals surface area contributed by atoms with Crippen LogP contribution < -0.4 is 0 Å². The predicted molar refractivity (Wildman–Crippen MR) is 217 cm³/mol. The Bertz CT molecular complexity index is 804. The van der Waals surface area contributed by atoms with Gasteiger partial charge in [-0.25, -0.2) is 0 Å². The lowest BCUT2D eigenvalue weighted by atomic mass is 9.83. The Balaban J connectivity index is 1.62. The van der Waals surface area contributed by atoms with Gasteiger partial charge in [0.2, 0.25) is 0 Å². The number of unbranched alkanes of at least 4 members (excludes halogenated alkanes) is 18. The van der Waals surface area contributed by atoms with Gasteiger partial charge in [-0.1, -0.05) is 166 Å². The molecule has 0 aromatic carbocycles. The smallest absolute Gasteiger partial charge is 0.169 e. The van der Waals surface area contributed by atoms with Crippen LogP contribution in [0.2, 0.25) is 0 Å². The molecule has 2 atom stereocenters. The van der Waals surface area contributed by atoms with Gasteiger partial charge in [0.25, 0.3) is 0 Å². The van der Waals surface area contributed by atoms with E-state index in [1.165, 1.54) is 180 Å². The minimum absolute atomic E-state index is 0.00853. The molecule has 0 bridgehead atoms. The SMILES string of the molecule is CCCCC/C=C\C/C=C\CCCCCCCCC1(CCCCCCCC/C=C\C/C=C\CCCCC)OCC2(CCCCC(C)CC2)O1. The number of hydrogen-bond acceptors (Lipinski definition) is 2. The Morgan fingerprint density at radius 1 is 0.490 bits per heavy atom. The van der Waals surface area contributed by atoms with E-state index < -0.39 is 0 Å². The second kappa shape index (κ2) is 30.5. The van der Waals surface area contributed by atoms with E-state index in [1.54, 1.807) is 0 Å². The highest BCUT2D eigenvalue weighted by Crippen LogP contribution is 2.45. The maximum Gasteiger partial charge on any atom is 0.169 e. The Morgan fingerprint density at radius 2 is 0.939 bits per heavy atom. The lowest BCUT2D eigenvalue weighted by molar-refractivity contribution is -0.201. The topological polar surface area (TPSA) is 18.5 Å². The highest BCUT2D eigenvalue weighted by molar-refractivity contribution is 4.94. The summed E-state index contributed by atoms with van der Waals surface area (Å²) in [5.41, 5.74) is -0.00853. The molecule has 1 saturated carbocycles. The van der Waals surface area contributed by atoms with Crippen molar-refractivity contribution in [3.8, 4) is 0 Å². The van der Waals surface area contributed by atoms with Gasteiger partial charge in [0.05, 0.1) is 12.2 Å². The van der Waals surface area contributed by atoms with Crippen LogP contribution in [0.5, 0.6) is 0 Å². The van der Waals surface area contributed by atoms with Crippen molar-refractivity contribution in [1.29, 1.82) is 0 Å². The van der Waals surface area contributed by atoms with E-state index in [0.29, 0.717) is 0 Å². The zero-order chi connectivity index (χ0) is 35.0. The van der Waals surface area contributed by atoms with Crippen molar-refractivity contribution in [3.05, 3.63) is 48.6 Å². The third-order valence-corrected chi connectivity index (χ3v) is 11.2. The summed E-state index contributed by atoms with van der Waals surface area (Å²) in [6.07, 6.45) is 60.1. The van der Waals surface area contributed by atoms with Crippen LogP contribution >= 0.6 is 0 Å². The Kier molecular flexibility index (Phi) is 27.4. The molecule has 2 aliphatic rings. The minimum Gasteiger partial charge on any atom is -0.347 e. The molecule has 1 aliphatic heterocycles. The summed E-state index contributed by atoms with van der Waals surface area (Å²) in [5, 5.41) is 0. The monoisotopic (exact) mass is 681 g/mol. The van der Waals surface area contributed by atoms with Crippen molar-refractivity contribution >= 4 is 0 Å². The molecule has 2 heteroatoms. The molecular formula is C47H84O2. The quantitative estimate of drug-likeness (QED) is 0.0555. The Hall–Kier alpha value is -1.12. The molecule has 49 heavy (non-hydrogen) atoms. The zero-order valence-corrected chi connectivity index (χ0v) is 33.3. The summed E-state index contributed by atoms with van der Waals surface area (Å²) >= 11 is 0. The first kappa shape index (κ1) is 44.0. The zero-order valence-electron chi connectivity index (χ0n) is 33.3. The van der Waals surface area contributed by atoms with Crippen LogP contribution in [0.25, 0.3) is 0 Å². The highest BCUT2D eigenvalue weighted by atomic mass is 16.8. The summed E-state index contributed by atoms with van der Waals surface area (Å²) in [4.78, 5) is 0. The third kappa shape index (κ3) is 23.1. The maximum atomic E-state index is 7.16. The average molecular weight is 681 g/mol. The second-order valence-electron chi connectivity index (χ2n) is 16.0. The van der Waals surface area contributed by atoms with Crippen LogP contribution in [-0.4, -0.2) is 18.0 Å². The molecule has 1 aliphatic carbocycles. The van der Waals surface area contributed by atoms with Gasteiger partial charge in [0.15, 0.2) is 5.79 Å². The predicted octanol–water partition coefficient (Wildman–Crippen LogP) is 15.9. The van der Waals surface area contributed by atoms with E-state index >= 15 is 0 Å². The second-order valence-corrected chi connectivity index (χ2v) is 16.0. The number of rotatable bonds is 30. The summed E-state index contributed by atoms with van der Waals surface area (Å²) in [7, 11) is 0. The molecular weight excluding hydrogens is 597 g/mol. The molecule has 2 nitrogen and oxygen atoms in total. The molecule has 1 heterocycles. The van der Waals surface area contributed by atoms with E-state index in [1.807, 2.05) is 0 Å². The van der Waals surface area contributed by atoms with Gasteiger partial charge in [-0.15, -0.1) is 0 Å². The summed E-state index contributed by atoms with van der Waals surface area (Å²) in [6.45, 7) is 7.83. The van der Waals surface area contributed by atoms with Crippen molar-refractivity contribution in [3.63, 3.8) is 0 Å². The van der Waals surface area contributed by atoms with Crippen molar-refractivity contribution < 1.29 is 9.47 Å². The molecule has 0 amide bonds. The molecule has 0 aromatic heterocycles. The van der Waals surface area contributed by atoms with Gasteiger partial charge in [-0.2, -0.15) is 0 Å². The fourth-order valence-electron chi connectivity index (χ4n) is 7.82. The van der Waals surface area contributed by atoms with Gasteiger partial charge in [0, 0.05) is 12.8 Å². The summed E-state index contributed by atoms with van der Waals surface area (Å²) in [5.74, 6) is 0.517. The molecule has 284 valence electrons. The van der Waals surface area contributed by atoms with Crippen LogP contribution in [0.1, 0.15) is 226 Å². The number of ether oxygens (including phenoxy) is 2. The minimum atomic E-state index is -0.313. The maximum absolute atomic E-state index is 7.16. The van der Waals surface area contributed by atoms with Gasteiger partial charge >= 0.3 is 0 Å². The Labute approximate surface area is 307 Å². The normalized spacial score (nSPS) is 21.7. The first-order chi connectivity index (χ1) is 24.1. The van der Waals surface area contributed by atoms with Crippen LogP contribution in [0.3, 0.4) is 0 Å². The van der Waals surface area contributed by atoms with Gasteiger partial charge in [0.1, 0.15) is 0 Å². The molecule has 2 unspecified atom stereocenters. The molecule has 2 rings (SSSR count). The molecule has 1 saturated heterocycles. The van der Waals surface area contributed by atoms with Crippen molar-refractivity contribution in [2.75, 3.05) is 6.61 Å². The van der Waals surface area contributed by atoms with Gasteiger partial charge in [-0.3, -0.25) is 0 Å². The number of hydrogen-bond donors (Lipinski definition) is 0.